The highest BCUT2D eigenvalue weighted by Gasteiger charge is 2.43. The number of ketones is 1. The first kappa shape index (κ1) is 19.7. The third-order valence-corrected chi connectivity index (χ3v) is 5.01. The molecule has 0 spiro atoms. The Morgan fingerprint density at radius 2 is 1.75 bits per heavy atom. The van der Waals surface area contributed by atoms with Gasteiger partial charge in [0, 0.05) is 12.5 Å². The molecule has 5 heteroatoms. The van der Waals surface area contributed by atoms with Gasteiger partial charge < -0.3 is 14.7 Å². The first-order valence-corrected chi connectivity index (χ1v) is 9.40. The molecule has 1 atom stereocenters. The molecule has 146 valence electrons. The van der Waals surface area contributed by atoms with E-state index in [1.54, 1.807) is 25.9 Å². The number of benzene rings is 2. The van der Waals surface area contributed by atoms with Crippen LogP contribution in [0, 0.1) is 5.92 Å². The number of methoxy groups -OCH3 is 1. The molecule has 1 aliphatic rings. The molecule has 1 amide bonds. The molecule has 0 aromatic heterocycles. The molecule has 28 heavy (non-hydrogen) atoms. The SMILES string of the molecule is COc1ccc(CCN2C(=O)C(O)=C(C(=O)C(C)C)C2c2ccccc2)cc1. The molecule has 2 aromatic rings. The lowest BCUT2D eigenvalue weighted by Crippen LogP contribution is -2.33. The monoisotopic (exact) mass is 379 g/mol. The number of carbonyl (C=O) groups excluding carboxylic acids is 2. The average molecular weight is 379 g/mol. The molecule has 1 unspecified atom stereocenters. The second-order valence-corrected chi connectivity index (χ2v) is 7.19. The Bertz CT molecular complexity index is 885. The number of ether oxygens (including phenoxy) is 1. The third-order valence-electron chi connectivity index (χ3n) is 5.01. The van der Waals surface area contributed by atoms with Gasteiger partial charge in [-0.25, -0.2) is 0 Å². The predicted octanol–water partition coefficient (Wildman–Crippen LogP) is 3.86. The van der Waals surface area contributed by atoms with Crippen molar-refractivity contribution in [3.63, 3.8) is 0 Å². The lowest BCUT2D eigenvalue weighted by atomic mass is 9.91. The first-order valence-electron chi connectivity index (χ1n) is 9.40. The molecule has 3 rings (SSSR count). The normalized spacial score (nSPS) is 16.8. The molecule has 0 bridgehead atoms. The van der Waals surface area contributed by atoms with Crippen LogP contribution < -0.4 is 4.74 Å². The summed E-state index contributed by atoms with van der Waals surface area (Å²) in [6.45, 7) is 3.94. The van der Waals surface area contributed by atoms with Gasteiger partial charge in [0.1, 0.15) is 5.75 Å². The van der Waals surface area contributed by atoms with Crippen molar-refractivity contribution >= 4 is 11.7 Å². The van der Waals surface area contributed by atoms with Crippen LogP contribution >= 0.6 is 0 Å². The first-order chi connectivity index (χ1) is 13.4. The number of hydrogen-bond donors (Lipinski definition) is 1. The van der Waals surface area contributed by atoms with Crippen molar-refractivity contribution < 1.29 is 19.4 Å². The molecule has 0 saturated heterocycles. The fourth-order valence-corrected chi connectivity index (χ4v) is 3.47. The molecule has 1 aliphatic heterocycles. The van der Waals surface area contributed by atoms with Gasteiger partial charge in [-0.15, -0.1) is 0 Å². The lowest BCUT2D eigenvalue weighted by molar-refractivity contribution is -0.129. The van der Waals surface area contributed by atoms with Crippen LogP contribution in [0.3, 0.4) is 0 Å². The minimum atomic E-state index is -0.568. The molecule has 0 saturated carbocycles. The van der Waals surface area contributed by atoms with Crippen LogP contribution in [0.1, 0.15) is 31.0 Å². The van der Waals surface area contributed by atoms with Crippen molar-refractivity contribution in [1.29, 1.82) is 0 Å². The zero-order valence-electron chi connectivity index (χ0n) is 16.4. The van der Waals surface area contributed by atoms with Crippen LogP contribution in [0.4, 0.5) is 0 Å². The van der Waals surface area contributed by atoms with Gasteiger partial charge in [-0.05, 0) is 29.7 Å². The molecule has 0 fully saturated rings. The van der Waals surface area contributed by atoms with Crippen molar-refractivity contribution in [2.24, 2.45) is 5.92 Å². The van der Waals surface area contributed by atoms with Crippen LogP contribution in [0.15, 0.2) is 65.9 Å². The highest BCUT2D eigenvalue weighted by molar-refractivity contribution is 6.09. The number of aliphatic hydroxyl groups excluding tert-OH is 1. The Hall–Kier alpha value is -3.08. The largest absolute Gasteiger partial charge is 0.503 e. The quantitative estimate of drug-likeness (QED) is 0.793. The van der Waals surface area contributed by atoms with E-state index in [-0.39, 0.29) is 17.3 Å². The maximum atomic E-state index is 12.8. The van der Waals surface area contributed by atoms with E-state index in [1.807, 2.05) is 54.6 Å². The van der Waals surface area contributed by atoms with E-state index in [4.69, 9.17) is 4.74 Å². The van der Waals surface area contributed by atoms with Gasteiger partial charge in [0.2, 0.25) is 0 Å². The van der Waals surface area contributed by atoms with E-state index in [9.17, 15) is 14.7 Å². The predicted molar refractivity (Wildman–Crippen MR) is 107 cm³/mol. The summed E-state index contributed by atoms with van der Waals surface area (Å²) in [7, 11) is 1.62. The maximum absolute atomic E-state index is 12.8. The Morgan fingerprint density at radius 1 is 1.11 bits per heavy atom. The minimum absolute atomic E-state index is 0.195. The van der Waals surface area contributed by atoms with E-state index in [0.29, 0.717) is 13.0 Å². The highest BCUT2D eigenvalue weighted by atomic mass is 16.5. The van der Waals surface area contributed by atoms with E-state index in [1.165, 1.54) is 0 Å². The summed E-state index contributed by atoms with van der Waals surface area (Å²) in [6, 6.07) is 16.5. The summed E-state index contributed by atoms with van der Waals surface area (Å²) < 4.78 is 5.17. The molecule has 0 radical (unpaired) electrons. The Morgan fingerprint density at radius 3 is 2.32 bits per heavy atom. The van der Waals surface area contributed by atoms with Crippen molar-refractivity contribution in [3.8, 4) is 5.75 Å². The van der Waals surface area contributed by atoms with Crippen LogP contribution in [0.5, 0.6) is 5.75 Å². The average Bonchev–Trinajstić information content (AvgIpc) is 2.97. The van der Waals surface area contributed by atoms with Gasteiger partial charge in [0.15, 0.2) is 11.5 Å². The number of rotatable bonds is 7. The number of Topliss-reactive ketones (excluding diaryl/α,β-unsaturated/α-hetero) is 1. The zero-order valence-corrected chi connectivity index (χ0v) is 16.4. The second kappa shape index (κ2) is 8.30. The maximum Gasteiger partial charge on any atom is 0.290 e. The van der Waals surface area contributed by atoms with Crippen LogP contribution in [-0.2, 0) is 16.0 Å². The summed E-state index contributed by atoms with van der Waals surface area (Å²) in [5.74, 6) is -0.662. The summed E-state index contributed by atoms with van der Waals surface area (Å²) in [5.41, 5.74) is 2.06. The summed E-state index contributed by atoms with van der Waals surface area (Å²) in [4.78, 5) is 27.1. The number of aliphatic hydroxyl groups is 1. The van der Waals surface area contributed by atoms with Crippen molar-refractivity contribution in [2.45, 2.75) is 26.3 Å². The van der Waals surface area contributed by atoms with Gasteiger partial charge in [0.05, 0.1) is 18.7 Å². The molecule has 1 N–H and O–H groups in total. The van der Waals surface area contributed by atoms with E-state index in [0.717, 1.165) is 16.9 Å². The summed E-state index contributed by atoms with van der Waals surface area (Å²) in [6.07, 6.45) is 0.607. The third kappa shape index (κ3) is 3.79. The smallest absolute Gasteiger partial charge is 0.290 e. The summed E-state index contributed by atoms with van der Waals surface area (Å²) >= 11 is 0. The Kier molecular flexibility index (Phi) is 5.83. The second-order valence-electron chi connectivity index (χ2n) is 7.19. The molecule has 0 aliphatic carbocycles. The number of hydrogen-bond acceptors (Lipinski definition) is 4. The summed E-state index contributed by atoms with van der Waals surface area (Å²) in [5, 5.41) is 10.5. The van der Waals surface area contributed by atoms with E-state index >= 15 is 0 Å². The molecule has 5 nitrogen and oxygen atoms in total. The minimum Gasteiger partial charge on any atom is -0.503 e. The van der Waals surface area contributed by atoms with E-state index in [2.05, 4.69) is 0 Å². The molecular formula is C23H25NO4. The lowest BCUT2D eigenvalue weighted by Gasteiger charge is -2.27. The number of nitrogens with zero attached hydrogens (tertiary/aromatic N) is 1. The van der Waals surface area contributed by atoms with E-state index < -0.39 is 17.7 Å². The van der Waals surface area contributed by atoms with Crippen LogP contribution in [0.2, 0.25) is 0 Å². The fourth-order valence-electron chi connectivity index (χ4n) is 3.47. The van der Waals surface area contributed by atoms with Gasteiger partial charge in [0.25, 0.3) is 5.91 Å². The molecule has 1 heterocycles. The fraction of sp³-hybridized carbons (Fsp3) is 0.304. The van der Waals surface area contributed by atoms with Gasteiger partial charge in [-0.2, -0.15) is 0 Å². The zero-order chi connectivity index (χ0) is 20.3. The number of amides is 1. The molecular weight excluding hydrogens is 354 g/mol. The molecule has 2 aromatic carbocycles. The van der Waals surface area contributed by atoms with Crippen molar-refractivity contribution in [2.75, 3.05) is 13.7 Å². The highest BCUT2D eigenvalue weighted by Crippen LogP contribution is 2.38. The standard InChI is InChI=1S/C23H25NO4/c1-15(2)21(25)19-20(17-7-5-4-6-8-17)24(23(27)22(19)26)14-13-16-9-11-18(28-3)12-10-16/h4-12,15,20,26H,13-14H2,1-3H3. The Balaban J connectivity index is 1.90. The topological polar surface area (TPSA) is 66.8 Å². The van der Waals surface area contributed by atoms with Gasteiger partial charge >= 0.3 is 0 Å². The number of carbonyl (C=O) groups is 2. The van der Waals surface area contributed by atoms with Crippen molar-refractivity contribution in [3.05, 3.63) is 77.1 Å². The Labute approximate surface area is 165 Å². The van der Waals surface area contributed by atoms with Crippen LogP contribution in [-0.4, -0.2) is 35.4 Å². The van der Waals surface area contributed by atoms with Crippen molar-refractivity contribution in [1.82, 2.24) is 4.90 Å². The van der Waals surface area contributed by atoms with Gasteiger partial charge in [-0.1, -0.05) is 56.3 Å². The van der Waals surface area contributed by atoms with Crippen LogP contribution in [0.25, 0.3) is 0 Å². The van der Waals surface area contributed by atoms with Gasteiger partial charge in [-0.3, -0.25) is 9.59 Å².